The van der Waals surface area contributed by atoms with E-state index in [0.717, 1.165) is 32.4 Å². The van der Waals surface area contributed by atoms with E-state index in [1.807, 2.05) is 0 Å². The Morgan fingerprint density at radius 1 is 1.02 bits per heavy atom. The van der Waals surface area contributed by atoms with Gasteiger partial charge in [0.15, 0.2) is 0 Å². The molecule has 0 spiro atoms. The molecule has 3 aliphatic heterocycles. The van der Waals surface area contributed by atoms with Crippen LogP contribution in [-0.2, 0) is 27.8 Å². The van der Waals surface area contributed by atoms with Crippen molar-refractivity contribution in [3.8, 4) is 0 Å². The minimum atomic E-state index is -0.0773. The molecule has 2 aromatic rings. The second kappa shape index (κ2) is 10.8. The zero-order valence-electron chi connectivity index (χ0n) is 26.3. The van der Waals surface area contributed by atoms with E-state index in [-0.39, 0.29) is 11.0 Å². The van der Waals surface area contributed by atoms with Crippen molar-refractivity contribution in [1.29, 1.82) is 0 Å². The number of nitrogens with zero attached hydrogens (tertiary/aromatic N) is 2. The highest BCUT2D eigenvalue weighted by molar-refractivity contribution is 6.14. The SMILES string of the molecule is CCN1c2cc3c(cc2C(C)CC1(C)C)C(=[NH+]CCCCCOC=O)c1cc2c4c(c1C3(C)C)CCCN4CCC2. The normalized spacial score (nSPS) is 22.5. The number of hydrogen-bond donors (Lipinski definition) is 1. The summed E-state index contributed by atoms with van der Waals surface area (Å²) in [5.74, 6) is 0.523. The average molecular weight is 557 g/mol. The highest BCUT2D eigenvalue weighted by Crippen LogP contribution is 2.52. The molecule has 1 atom stereocenters. The van der Waals surface area contributed by atoms with Crippen LogP contribution in [0.2, 0.25) is 0 Å². The van der Waals surface area contributed by atoms with Crippen LogP contribution in [0.4, 0.5) is 11.4 Å². The van der Waals surface area contributed by atoms with Crippen molar-refractivity contribution < 1.29 is 14.5 Å². The van der Waals surface area contributed by atoms with Gasteiger partial charge in [-0.3, -0.25) is 4.79 Å². The number of hydrogen-bond acceptors (Lipinski definition) is 4. The predicted octanol–water partition coefficient (Wildman–Crippen LogP) is 5.40. The summed E-state index contributed by atoms with van der Waals surface area (Å²) < 4.78 is 4.92. The molecule has 0 bridgehead atoms. The van der Waals surface area contributed by atoms with Crippen LogP contribution in [0.3, 0.4) is 0 Å². The van der Waals surface area contributed by atoms with Gasteiger partial charge in [0.25, 0.3) is 6.47 Å². The molecule has 1 unspecified atom stereocenters. The van der Waals surface area contributed by atoms with Crippen LogP contribution in [0, 0.1) is 0 Å². The van der Waals surface area contributed by atoms with Gasteiger partial charge in [0.05, 0.1) is 17.7 Å². The van der Waals surface area contributed by atoms with Crippen molar-refractivity contribution in [3.63, 3.8) is 0 Å². The van der Waals surface area contributed by atoms with E-state index in [0.29, 0.717) is 19.0 Å². The van der Waals surface area contributed by atoms with E-state index in [2.05, 4.69) is 74.5 Å². The number of unbranched alkanes of at least 4 members (excludes halogenated alkanes) is 2. The third-order valence-corrected chi connectivity index (χ3v) is 10.5. The van der Waals surface area contributed by atoms with Gasteiger partial charge in [-0.05, 0) is 118 Å². The monoisotopic (exact) mass is 556 g/mol. The first-order chi connectivity index (χ1) is 19.7. The number of benzene rings is 2. The highest BCUT2D eigenvalue weighted by Gasteiger charge is 2.45. The first-order valence-electron chi connectivity index (χ1n) is 16.3. The minimum Gasteiger partial charge on any atom is -0.468 e. The van der Waals surface area contributed by atoms with E-state index < -0.39 is 0 Å². The lowest BCUT2D eigenvalue weighted by atomic mass is 9.63. The summed E-state index contributed by atoms with van der Waals surface area (Å²) in [4.78, 5) is 19.9. The fraction of sp³-hybridized carbons (Fsp3) is 0.611. The maximum absolute atomic E-state index is 10.5. The number of fused-ring (bicyclic) bond motifs is 4. The molecule has 0 radical (unpaired) electrons. The summed E-state index contributed by atoms with van der Waals surface area (Å²) in [6, 6.07) is 7.72. The highest BCUT2D eigenvalue weighted by atomic mass is 16.5. The predicted molar refractivity (Wildman–Crippen MR) is 169 cm³/mol. The van der Waals surface area contributed by atoms with Gasteiger partial charge >= 0.3 is 0 Å². The summed E-state index contributed by atoms with van der Waals surface area (Å²) in [7, 11) is 0. The molecule has 5 nitrogen and oxygen atoms in total. The largest absolute Gasteiger partial charge is 0.468 e. The Hall–Kier alpha value is -2.82. The van der Waals surface area contributed by atoms with Crippen LogP contribution < -0.4 is 14.8 Å². The van der Waals surface area contributed by atoms with E-state index >= 15 is 0 Å². The van der Waals surface area contributed by atoms with Gasteiger partial charge in [-0.1, -0.05) is 20.8 Å². The molecular formula is C36H50N3O2+. The molecule has 220 valence electrons. The molecule has 0 saturated heterocycles. The third-order valence-electron chi connectivity index (χ3n) is 10.5. The Labute approximate surface area is 247 Å². The summed E-state index contributed by atoms with van der Waals surface area (Å²) in [6.45, 7) is 20.0. The van der Waals surface area contributed by atoms with Crippen molar-refractivity contribution in [2.75, 3.05) is 42.6 Å². The van der Waals surface area contributed by atoms with Crippen LogP contribution in [0.15, 0.2) is 18.2 Å². The number of aryl methyl sites for hydroxylation is 1. The van der Waals surface area contributed by atoms with Crippen LogP contribution in [0.5, 0.6) is 0 Å². The standard InChI is InChI=1S/C36H49N3O2/c1-7-39-31-21-30-28(20-27(31)24(2)22-35(39,3)4)33(37-15-9-8-10-18-41-23-40)29-19-25-13-11-16-38-17-12-14-26(34(25)38)32(29)36(30,5)6/h19-21,23-24H,7-18,22H2,1-6H3/p+1. The second-order valence-electron chi connectivity index (χ2n) is 14.1. The first kappa shape index (κ1) is 28.3. The smallest absolute Gasteiger partial charge is 0.293 e. The van der Waals surface area contributed by atoms with Crippen LogP contribution in [0.1, 0.15) is 125 Å². The zero-order valence-corrected chi connectivity index (χ0v) is 26.3. The molecule has 1 aliphatic carbocycles. The molecule has 2 aromatic carbocycles. The first-order valence-corrected chi connectivity index (χ1v) is 16.3. The van der Waals surface area contributed by atoms with E-state index in [4.69, 9.17) is 4.74 Å². The second-order valence-corrected chi connectivity index (χ2v) is 14.1. The third kappa shape index (κ3) is 4.68. The molecule has 0 fully saturated rings. The molecule has 1 N–H and O–H groups in total. The number of carbonyl (C=O) groups excluding carboxylic acids is 1. The van der Waals surface area contributed by atoms with Crippen LogP contribution in [-0.4, -0.2) is 50.5 Å². The van der Waals surface area contributed by atoms with Gasteiger partial charge in [0, 0.05) is 48.4 Å². The van der Waals surface area contributed by atoms with Crippen molar-refractivity contribution in [3.05, 3.63) is 57.1 Å². The molecule has 41 heavy (non-hydrogen) atoms. The number of anilines is 2. The summed E-state index contributed by atoms with van der Waals surface area (Å²) >= 11 is 0. The Morgan fingerprint density at radius 2 is 1.80 bits per heavy atom. The molecule has 5 heteroatoms. The molecule has 4 aliphatic rings. The van der Waals surface area contributed by atoms with Crippen LogP contribution >= 0.6 is 0 Å². The van der Waals surface area contributed by atoms with E-state index in [9.17, 15) is 4.79 Å². The summed E-state index contributed by atoms with van der Waals surface area (Å²) in [5.41, 5.74) is 15.0. The zero-order chi connectivity index (χ0) is 28.9. The van der Waals surface area contributed by atoms with Crippen molar-refractivity contribution in [2.45, 2.75) is 110 Å². The maximum Gasteiger partial charge on any atom is 0.293 e. The van der Waals surface area contributed by atoms with Crippen LogP contribution in [0.25, 0.3) is 0 Å². The minimum absolute atomic E-state index is 0.0773. The molecule has 0 aromatic heterocycles. The van der Waals surface area contributed by atoms with Gasteiger partial charge in [-0.2, -0.15) is 0 Å². The topological polar surface area (TPSA) is 46.8 Å². The molecule has 3 heterocycles. The van der Waals surface area contributed by atoms with Crippen molar-refractivity contribution in [1.82, 2.24) is 0 Å². The van der Waals surface area contributed by atoms with E-state index in [1.165, 1.54) is 78.8 Å². The quantitative estimate of drug-likeness (QED) is 0.350. The summed E-state index contributed by atoms with van der Waals surface area (Å²) in [5, 5.41) is 0. The Balaban J connectivity index is 1.52. The fourth-order valence-corrected chi connectivity index (χ4v) is 8.84. The molecule has 6 rings (SSSR count). The average Bonchev–Trinajstić information content (AvgIpc) is 2.93. The number of ether oxygens (including phenoxy) is 1. The maximum atomic E-state index is 10.5. The molecular weight excluding hydrogens is 506 g/mol. The van der Waals surface area contributed by atoms with E-state index in [1.54, 1.807) is 22.4 Å². The van der Waals surface area contributed by atoms with Crippen molar-refractivity contribution in [2.24, 2.45) is 0 Å². The fourth-order valence-electron chi connectivity index (χ4n) is 8.84. The van der Waals surface area contributed by atoms with Crippen molar-refractivity contribution >= 4 is 23.6 Å². The Morgan fingerprint density at radius 3 is 2.56 bits per heavy atom. The molecule has 0 saturated carbocycles. The van der Waals surface area contributed by atoms with Gasteiger partial charge in [-0.15, -0.1) is 0 Å². The lowest BCUT2D eigenvalue weighted by Crippen LogP contribution is -2.74. The van der Waals surface area contributed by atoms with Gasteiger partial charge < -0.3 is 14.5 Å². The lowest BCUT2D eigenvalue weighted by molar-refractivity contribution is -0.456. The Bertz CT molecular complexity index is 1370. The summed E-state index contributed by atoms with van der Waals surface area (Å²) in [6.07, 6.45) is 9.06. The van der Waals surface area contributed by atoms with Gasteiger partial charge in [0.1, 0.15) is 6.54 Å². The number of carbonyl (C=O) groups is 1. The van der Waals surface area contributed by atoms with Gasteiger partial charge in [-0.25, -0.2) is 4.99 Å². The number of rotatable bonds is 8. The van der Waals surface area contributed by atoms with Gasteiger partial charge in [0.2, 0.25) is 5.71 Å². The number of nitrogens with one attached hydrogen (secondary N) is 1. The Kier molecular flexibility index (Phi) is 7.45. The lowest BCUT2D eigenvalue weighted by Gasteiger charge is -2.49. The molecule has 0 amide bonds.